The first-order chi connectivity index (χ1) is 12.7. The highest BCUT2D eigenvalue weighted by atomic mass is 16.7. The Morgan fingerprint density at radius 1 is 0.538 bits per heavy atom. The molecule has 8 atom stereocenters. The second-order valence-electron chi connectivity index (χ2n) is 10.2. The Morgan fingerprint density at radius 2 is 0.808 bits per heavy atom. The van der Waals surface area contributed by atoms with Gasteiger partial charge < -0.3 is 18.9 Å². The molecule has 0 N–H and O–H groups in total. The molecule has 0 radical (unpaired) electrons. The highest BCUT2D eigenvalue weighted by Crippen LogP contribution is 2.89. The van der Waals surface area contributed by atoms with Gasteiger partial charge in [-0.1, -0.05) is 0 Å². The molecule has 2 saturated heterocycles. The van der Waals surface area contributed by atoms with Gasteiger partial charge in [0.2, 0.25) is 0 Å². The summed E-state index contributed by atoms with van der Waals surface area (Å²) < 4.78 is 25.1. The lowest BCUT2D eigenvalue weighted by atomic mass is 9.48. The molecule has 6 aliphatic carbocycles. The van der Waals surface area contributed by atoms with Crippen molar-refractivity contribution in [3.05, 3.63) is 0 Å². The van der Waals surface area contributed by atoms with Crippen molar-refractivity contribution in [2.45, 2.75) is 11.6 Å². The maximum atomic E-state index is 13.7. The second-order valence-corrected chi connectivity index (χ2v) is 10.2. The molecule has 4 bridgehead atoms. The van der Waals surface area contributed by atoms with Gasteiger partial charge in [-0.15, -0.1) is 0 Å². The number of ether oxygens (including phenoxy) is 4. The SMILES string of the molecule is O=C1[C@@H]2[C@@H]3C(=O)[C@@H]4[C@H]1[C@@H]1C5C(C6C5[C@H]2C2(OCCO2)[C@@H]63)[C@H]4C12OCCO2. The average Bonchev–Trinajstić information content (AvgIpc) is 3.42. The molecule has 2 spiro atoms. The molecule has 136 valence electrons. The van der Waals surface area contributed by atoms with Gasteiger partial charge in [-0.25, -0.2) is 0 Å². The van der Waals surface area contributed by atoms with E-state index in [1.807, 2.05) is 0 Å². The van der Waals surface area contributed by atoms with E-state index in [2.05, 4.69) is 0 Å². The molecule has 8 fully saturated rings. The molecule has 0 aromatic heterocycles. The first-order valence-corrected chi connectivity index (χ1v) is 10.4. The van der Waals surface area contributed by atoms with Crippen LogP contribution in [0.25, 0.3) is 0 Å². The van der Waals surface area contributed by atoms with Gasteiger partial charge in [-0.2, -0.15) is 0 Å². The van der Waals surface area contributed by atoms with E-state index in [9.17, 15) is 9.59 Å². The summed E-state index contributed by atoms with van der Waals surface area (Å²) in [6, 6.07) is 0. The van der Waals surface area contributed by atoms with E-state index in [0.717, 1.165) is 0 Å². The van der Waals surface area contributed by atoms with Crippen LogP contribution in [0.2, 0.25) is 0 Å². The number of hydrogen-bond donors (Lipinski definition) is 0. The third kappa shape index (κ3) is 0.890. The molecule has 6 saturated carbocycles. The van der Waals surface area contributed by atoms with Crippen molar-refractivity contribution in [2.75, 3.05) is 26.4 Å². The lowest BCUT2D eigenvalue weighted by Crippen LogP contribution is -2.53. The minimum absolute atomic E-state index is 0.0893. The quantitative estimate of drug-likeness (QED) is 0.574. The smallest absolute Gasteiger partial charge is 0.176 e. The summed E-state index contributed by atoms with van der Waals surface area (Å²) in [6.07, 6.45) is 0. The Labute approximate surface area is 149 Å². The van der Waals surface area contributed by atoms with Crippen molar-refractivity contribution >= 4 is 11.6 Å². The summed E-state index contributed by atoms with van der Waals surface area (Å²) in [5.41, 5.74) is 0. The van der Waals surface area contributed by atoms with Crippen LogP contribution in [-0.4, -0.2) is 49.6 Å². The molecular weight excluding hydrogens is 336 g/mol. The van der Waals surface area contributed by atoms with Crippen LogP contribution in [0.3, 0.4) is 0 Å². The number of rotatable bonds is 0. The largest absolute Gasteiger partial charge is 0.347 e. The number of fused-ring (bicyclic) bond motifs is 14. The van der Waals surface area contributed by atoms with Crippen molar-refractivity contribution < 1.29 is 28.5 Å². The maximum Gasteiger partial charge on any atom is 0.176 e. The minimum Gasteiger partial charge on any atom is -0.347 e. The Bertz CT molecular complexity index is 696. The number of Topliss-reactive ketones (excluding diaryl/α,β-unsaturated/α-hetero) is 2. The predicted molar refractivity (Wildman–Crippen MR) is 81.2 cm³/mol. The maximum absolute atomic E-state index is 13.7. The van der Waals surface area contributed by atoms with Gasteiger partial charge in [0.05, 0.1) is 26.4 Å². The van der Waals surface area contributed by atoms with Gasteiger partial charge in [-0.05, 0) is 23.7 Å². The van der Waals surface area contributed by atoms with Crippen molar-refractivity contribution in [3.63, 3.8) is 0 Å². The van der Waals surface area contributed by atoms with Crippen LogP contribution in [0, 0.1) is 71.0 Å². The summed E-state index contributed by atoms with van der Waals surface area (Å²) in [6.45, 7) is 2.39. The Kier molecular flexibility index (Phi) is 1.79. The van der Waals surface area contributed by atoms with E-state index in [0.29, 0.717) is 61.7 Å². The van der Waals surface area contributed by atoms with Crippen molar-refractivity contribution in [3.8, 4) is 0 Å². The van der Waals surface area contributed by atoms with Crippen LogP contribution in [0.5, 0.6) is 0 Å². The highest BCUT2D eigenvalue weighted by molar-refractivity contribution is 6.03. The zero-order valence-electron chi connectivity index (χ0n) is 14.2. The first kappa shape index (κ1) is 13.4. The fourth-order valence-electron chi connectivity index (χ4n) is 10.7. The average molecular weight is 356 g/mol. The normalized spacial score (nSPS) is 67.5. The number of ketones is 2. The molecule has 26 heavy (non-hydrogen) atoms. The topological polar surface area (TPSA) is 71.1 Å². The van der Waals surface area contributed by atoms with Gasteiger partial charge in [0.15, 0.2) is 11.6 Å². The number of hydrogen-bond acceptors (Lipinski definition) is 6. The molecular formula is C20H20O6. The van der Waals surface area contributed by atoms with Crippen molar-refractivity contribution in [2.24, 2.45) is 71.0 Å². The standard InChI is InChI=1S/C20H20O6/c21-17-9-10-14-6-5(13(9)19(14)23-1-2-24-19)7-8(6)16-12(18(10)22)11(17)15(7)20(16)25-3-4-26-20/h5-16H,1-4H2/t5?,6?,7?,8?,9-,10+,11+,12-,13-,14+,15+,16-. The van der Waals surface area contributed by atoms with Gasteiger partial charge in [0.25, 0.3) is 0 Å². The summed E-state index contributed by atoms with van der Waals surface area (Å²) >= 11 is 0. The van der Waals surface area contributed by atoms with Gasteiger partial charge in [0.1, 0.15) is 11.6 Å². The van der Waals surface area contributed by atoms with E-state index >= 15 is 0 Å². The molecule has 2 heterocycles. The Balaban J connectivity index is 1.38. The van der Waals surface area contributed by atoms with Crippen LogP contribution in [0.15, 0.2) is 0 Å². The zero-order chi connectivity index (χ0) is 16.7. The molecule has 8 aliphatic rings. The van der Waals surface area contributed by atoms with E-state index < -0.39 is 11.6 Å². The third-order valence-electron chi connectivity index (χ3n) is 10.4. The fraction of sp³-hybridized carbons (Fsp3) is 0.900. The molecule has 0 unspecified atom stereocenters. The monoisotopic (exact) mass is 356 g/mol. The second kappa shape index (κ2) is 3.47. The van der Waals surface area contributed by atoms with Gasteiger partial charge in [-0.3, -0.25) is 9.59 Å². The highest BCUT2D eigenvalue weighted by Gasteiger charge is 2.95. The predicted octanol–water partition coefficient (Wildman–Crippen LogP) is 0.100. The van der Waals surface area contributed by atoms with Gasteiger partial charge in [0, 0.05) is 47.3 Å². The summed E-state index contributed by atoms with van der Waals surface area (Å²) in [4.78, 5) is 27.5. The molecule has 8 rings (SSSR count). The molecule has 2 aliphatic heterocycles. The minimum atomic E-state index is -0.645. The molecule has 0 aromatic rings. The lowest BCUT2D eigenvalue weighted by molar-refractivity contribution is -0.204. The molecule has 0 amide bonds. The summed E-state index contributed by atoms with van der Waals surface area (Å²) in [5, 5.41) is 0. The Morgan fingerprint density at radius 3 is 1.08 bits per heavy atom. The lowest BCUT2D eigenvalue weighted by Gasteiger charge is -2.54. The van der Waals surface area contributed by atoms with Crippen molar-refractivity contribution in [1.29, 1.82) is 0 Å². The zero-order valence-corrected chi connectivity index (χ0v) is 14.2. The van der Waals surface area contributed by atoms with Crippen molar-refractivity contribution in [1.82, 2.24) is 0 Å². The molecule has 6 nitrogen and oxygen atoms in total. The van der Waals surface area contributed by atoms with E-state index in [-0.39, 0.29) is 47.3 Å². The van der Waals surface area contributed by atoms with Crippen LogP contribution >= 0.6 is 0 Å². The van der Waals surface area contributed by atoms with Gasteiger partial charge >= 0.3 is 0 Å². The van der Waals surface area contributed by atoms with Crippen LogP contribution in [0.4, 0.5) is 0 Å². The number of carbonyl (C=O) groups excluding carboxylic acids is 2. The van der Waals surface area contributed by atoms with E-state index in [1.165, 1.54) is 0 Å². The van der Waals surface area contributed by atoms with Crippen LogP contribution in [0.1, 0.15) is 0 Å². The van der Waals surface area contributed by atoms with Crippen LogP contribution in [-0.2, 0) is 28.5 Å². The van der Waals surface area contributed by atoms with E-state index in [1.54, 1.807) is 0 Å². The number of carbonyl (C=O) groups is 2. The first-order valence-electron chi connectivity index (χ1n) is 10.4. The molecule has 0 aromatic carbocycles. The summed E-state index contributed by atoms with van der Waals surface area (Å²) in [7, 11) is 0. The molecule has 6 heteroatoms. The summed E-state index contributed by atoms with van der Waals surface area (Å²) in [5.74, 6) is 0.885. The fourth-order valence-corrected chi connectivity index (χ4v) is 10.7. The third-order valence-corrected chi connectivity index (χ3v) is 10.4. The van der Waals surface area contributed by atoms with E-state index in [4.69, 9.17) is 18.9 Å². The van der Waals surface area contributed by atoms with Crippen LogP contribution < -0.4 is 0 Å². The Hall–Kier alpha value is -0.820.